The first-order valence-electron chi connectivity index (χ1n) is 0.309. The minimum Gasteiger partial charge on any atom is -0.230 e. The fourth-order valence-corrected chi connectivity index (χ4v) is 0. The van der Waals surface area contributed by atoms with Gasteiger partial charge >= 0.3 is 0 Å². The molecule has 0 heterocycles. The molecule has 0 saturated carbocycles. The van der Waals surface area contributed by atoms with Crippen molar-refractivity contribution in [1.29, 1.82) is 0 Å². The van der Waals surface area contributed by atoms with Gasteiger partial charge in [-0.25, -0.2) is 2.92 Å². The summed E-state index contributed by atoms with van der Waals surface area (Å²) in [6.07, 6.45) is 0. The molecule has 0 atom stereocenters. The summed E-state index contributed by atoms with van der Waals surface area (Å²) in [7, 11) is 0. The quantitative estimate of drug-likeness (QED) is 0.646. The third kappa shape index (κ3) is 8.98. The van der Waals surface area contributed by atoms with E-state index >= 15 is 0 Å². The first-order valence-corrected chi connectivity index (χ1v) is 1.60. The van der Waals surface area contributed by atoms with Crippen LogP contribution in [0.15, 0.2) is 0 Å². The molecule has 0 bridgehead atoms. The van der Waals surface area contributed by atoms with Crippen LogP contribution in [0, 0.1) is 0 Å². The van der Waals surface area contributed by atoms with Crippen molar-refractivity contribution < 1.29 is 35.6 Å². The summed E-state index contributed by atoms with van der Waals surface area (Å²) >= 11 is 5.12. The van der Waals surface area contributed by atoms with Gasteiger partial charge < -0.3 is 0 Å². The van der Waals surface area contributed by atoms with Gasteiger partial charge in [-0.15, -0.1) is 0 Å². The summed E-state index contributed by atoms with van der Waals surface area (Å²) in [5.74, 6) is 0. The monoisotopic (exact) mass is 263 g/mol. The van der Waals surface area contributed by atoms with E-state index in [9.17, 15) is 0 Å². The predicted octanol–water partition coefficient (Wildman–Crippen LogP) is 1.62. The summed E-state index contributed by atoms with van der Waals surface area (Å²) in [5.41, 5.74) is 0. The van der Waals surface area contributed by atoms with E-state index in [-0.39, 0.29) is 32.7 Å². The molecule has 0 saturated heterocycles. The molecule has 4 heavy (non-hydrogen) atoms. The van der Waals surface area contributed by atoms with E-state index in [4.69, 9.17) is 0 Å². The fraction of sp³-hybridized carbons (Fsp3) is 0. The van der Waals surface area contributed by atoms with Gasteiger partial charge in [0.2, 0.25) is 0 Å². The number of hydrogen-bond donors (Lipinski definition) is 0. The van der Waals surface area contributed by atoms with Crippen LogP contribution in [0.3, 0.4) is 0 Å². The Balaban J connectivity index is 0. The van der Waals surface area contributed by atoms with Gasteiger partial charge in [-0.1, -0.05) is 0 Å². The molecule has 0 fully saturated rings. The summed E-state index contributed by atoms with van der Waals surface area (Å²) in [4.78, 5) is 0. The van der Waals surface area contributed by atoms with E-state index < -0.39 is 0 Å². The fourth-order valence-electron chi connectivity index (χ4n) is 0. The Hall–Kier alpha value is 2.02. The Morgan fingerprint density at radius 3 is 1.25 bits per heavy atom. The molecule has 4 heteroatoms. The Morgan fingerprint density at radius 2 is 1.25 bits per heavy atom. The van der Waals surface area contributed by atoms with E-state index in [1.807, 2.05) is 0 Å². The largest absolute Gasteiger partial charge is 0.230 e. The van der Waals surface area contributed by atoms with Gasteiger partial charge in [0, 0.05) is 32.7 Å². The zero-order chi connectivity index (χ0) is 2.71. The van der Waals surface area contributed by atoms with Gasteiger partial charge in [-0.2, -0.15) is 0 Å². The van der Waals surface area contributed by atoms with Crippen LogP contribution in [0.25, 0.3) is 0 Å². The average Bonchev–Trinajstić information content (AvgIpc) is 0.918. The SMILES string of the molecule is BrOBr.[Y]. The van der Waals surface area contributed by atoms with E-state index in [0.717, 1.165) is 0 Å². The van der Waals surface area contributed by atoms with Crippen molar-refractivity contribution in [2.75, 3.05) is 0 Å². The van der Waals surface area contributed by atoms with Crippen LogP contribution < -0.4 is 0 Å². The topological polar surface area (TPSA) is 9.23 Å². The second-order valence-corrected chi connectivity index (χ2v) is 1.57. The standard InChI is InChI=1S/Br2O.Y/c1-3-2;. The summed E-state index contributed by atoms with van der Waals surface area (Å²) in [5, 5.41) is 0. The van der Waals surface area contributed by atoms with Crippen LogP contribution in [-0.4, -0.2) is 0 Å². The molecule has 23 valence electrons. The van der Waals surface area contributed by atoms with Crippen molar-refractivity contribution >= 4 is 32.5 Å². The van der Waals surface area contributed by atoms with Gasteiger partial charge in [0.1, 0.15) is 32.5 Å². The molecule has 1 nitrogen and oxygen atoms in total. The maximum Gasteiger partial charge on any atom is 0.115 e. The molecule has 0 aliphatic carbocycles. The van der Waals surface area contributed by atoms with Crippen LogP contribution in [0.5, 0.6) is 0 Å². The Kier molecular flexibility index (Phi) is 20.9. The molecule has 0 aliphatic heterocycles. The molecule has 0 N–H and O–H groups in total. The summed E-state index contributed by atoms with van der Waals surface area (Å²) in [6, 6.07) is 0. The number of halogens is 2. The smallest absolute Gasteiger partial charge is 0.115 e. The average molecular weight is 265 g/mol. The van der Waals surface area contributed by atoms with E-state index in [0.29, 0.717) is 0 Å². The zero-order valence-electron chi connectivity index (χ0n) is 1.74. The van der Waals surface area contributed by atoms with Crippen LogP contribution in [-0.2, 0) is 35.6 Å². The predicted molar refractivity (Wildman–Crippen MR) is 18.9 cm³/mol. The molecule has 0 aromatic rings. The molecule has 0 spiro atoms. The molecule has 0 aromatic heterocycles. The number of hydrogen-bond acceptors (Lipinski definition) is 1. The van der Waals surface area contributed by atoms with Gasteiger partial charge in [0.05, 0.1) is 0 Å². The van der Waals surface area contributed by atoms with Gasteiger partial charge in [0.25, 0.3) is 0 Å². The van der Waals surface area contributed by atoms with Crippen molar-refractivity contribution in [2.45, 2.75) is 0 Å². The number of rotatable bonds is 0. The van der Waals surface area contributed by atoms with E-state index in [2.05, 4.69) is 35.4 Å². The van der Waals surface area contributed by atoms with Crippen molar-refractivity contribution in [3.63, 3.8) is 0 Å². The molecule has 0 aliphatic rings. The van der Waals surface area contributed by atoms with Crippen LogP contribution in [0.2, 0.25) is 0 Å². The molecule has 0 rings (SSSR count). The van der Waals surface area contributed by atoms with Crippen molar-refractivity contribution in [1.82, 2.24) is 0 Å². The van der Waals surface area contributed by atoms with Gasteiger partial charge in [0.15, 0.2) is 0 Å². The van der Waals surface area contributed by atoms with Crippen molar-refractivity contribution in [2.24, 2.45) is 0 Å². The minimum absolute atomic E-state index is 0. The molecule has 0 aromatic carbocycles. The Labute approximate surface area is 67.3 Å². The maximum absolute atomic E-state index is 3.88. The second kappa shape index (κ2) is 8.90. The van der Waals surface area contributed by atoms with E-state index in [1.165, 1.54) is 0 Å². The van der Waals surface area contributed by atoms with E-state index in [1.54, 1.807) is 0 Å². The normalized spacial score (nSPS) is 4.50. The third-order valence-electron chi connectivity index (χ3n) is 0. The van der Waals surface area contributed by atoms with Gasteiger partial charge in [-0.05, 0) is 0 Å². The molecule has 1 radical (unpaired) electrons. The maximum atomic E-state index is 3.88. The van der Waals surface area contributed by atoms with Gasteiger partial charge in [-0.3, -0.25) is 0 Å². The minimum atomic E-state index is 0. The van der Waals surface area contributed by atoms with Crippen molar-refractivity contribution in [3.05, 3.63) is 0 Å². The van der Waals surface area contributed by atoms with Crippen LogP contribution >= 0.6 is 32.5 Å². The molecular weight excluding hydrogens is 265 g/mol. The first kappa shape index (κ1) is 9.39. The molecular formula is Br2OY. The first-order chi connectivity index (χ1) is 1.41. The Bertz CT molecular complexity index is 6.00. The zero-order valence-corrected chi connectivity index (χ0v) is 7.75. The molecule has 0 unspecified atom stereocenters. The third-order valence-corrected chi connectivity index (χ3v) is 0. The summed E-state index contributed by atoms with van der Waals surface area (Å²) < 4.78 is 3.88. The second-order valence-electron chi connectivity index (χ2n) is 0.0583. The Morgan fingerprint density at radius 1 is 1.25 bits per heavy atom. The molecule has 0 amide bonds. The summed E-state index contributed by atoms with van der Waals surface area (Å²) in [6.45, 7) is 0. The van der Waals surface area contributed by atoms with Crippen LogP contribution in [0.4, 0.5) is 0 Å². The van der Waals surface area contributed by atoms with Crippen LogP contribution in [0.1, 0.15) is 0 Å². The van der Waals surface area contributed by atoms with Crippen molar-refractivity contribution in [3.8, 4) is 0 Å².